The minimum atomic E-state index is 0.259. The van der Waals surface area contributed by atoms with Crippen LogP contribution in [-0.2, 0) is 0 Å². The predicted octanol–water partition coefficient (Wildman–Crippen LogP) is 4.43. The molecule has 0 heterocycles. The average molecular weight is 240 g/mol. The molecule has 1 aromatic carbocycles. The van der Waals surface area contributed by atoms with Gasteiger partial charge < -0.3 is 5.32 Å². The van der Waals surface area contributed by atoms with Crippen molar-refractivity contribution in [1.29, 1.82) is 0 Å². The Morgan fingerprint density at radius 3 is 2.19 bits per heavy atom. The van der Waals surface area contributed by atoms with Gasteiger partial charge in [-0.15, -0.1) is 0 Å². The molecule has 1 aromatic rings. The summed E-state index contributed by atoms with van der Waals surface area (Å²) in [6.07, 6.45) is 0. The Morgan fingerprint density at radius 1 is 1.12 bits per heavy atom. The summed E-state index contributed by atoms with van der Waals surface area (Å²) < 4.78 is 0. The number of hydrogen-bond donors (Lipinski definition) is 1. The van der Waals surface area contributed by atoms with E-state index in [1.807, 2.05) is 18.2 Å². The van der Waals surface area contributed by atoms with Crippen LogP contribution in [0.4, 0.5) is 0 Å². The number of hydrogen-bond acceptors (Lipinski definition) is 1. The van der Waals surface area contributed by atoms with Crippen molar-refractivity contribution in [2.45, 2.75) is 46.7 Å². The van der Waals surface area contributed by atoms with Crippen LogP contribution in [-0.4, -0.2) is 6.04 Å². The van der Waals surface area contributed by atoms with Crippen LogP contribution in [0, 0.1) is 5.41 Å². The molecule has 2 unspecified atom stereocenters. The zero-order valence-electron chi connectivity index (χ0n) is 10.8. The van der Waals surface area contributed by atoms with Crippen LogP contribution in [0.25, 0.3) is 0 Å². The van der Waals surface area contributed by atoms with E-state index in [1.54, 1.807) is 0 Å². The van der Waals surface area contributed by atoms with Crippen LogP contribution in [0.15, 0.2) is 24.3 Å². The predicted molar refractivity (Wildman–Crippen MR) is 71.9 cm³/mol. The van der Waals surface area contributed by atoms with Crippen molar-refractivity contribution in [2.75, 3.05) is 0 Å². The van der Waals surface area contributed by atoms with Crippen molar-refractivity contribution in [2.24, 2.45) is 5.41 Å². The van der Waals surface area contributed by atoms with Gasteiger partial charge in [0.25, 0.3) is 0 Å². The van der Waals surface area contributed by atoms with Crippen LogP contribution in [0.3, 0.4) is 0 Å². The Morgan fingerprint density at radius 2 is 1.69 bits per heavy atom. The number of rotatable bonds is 3. The zero-order chi connectivity index (χ0) is 12.3. The maximum absolute atomic E-state index is 6.18. The normalized spacial score (nSPS) is 15.9. The van der Waals surface area contributed by atoms with E-state index in [0.717, 1.165) is 5.02 Å². The molecular formula is C14H22ClN. The molecule has 0 aliphatic rings. The first-order chi connectivity index (χ1) is 7.32. The van der Waals surface area contributed by atoms with E-state index in [-0.39, 0.29) is 11.5 Å². The first-order valence-electron chi connectivity index (χ1n) is 5.83. The van der Waals surface area contributed by atoms with E-state index >= 15 is 0 Å². The molecule has 0 saturated carbocycles. The lowest BCUT2D eigenvalue weighted by Gasteiger charge is -2.31. The molecule has 0 amide bonds. The summed E-state index contributed by atoms with van der Waals surface area (Å²) in [5.74, 6) is 0. The Kier molecular flexibility index (Phi) is 4.40. The van der Waals surface area contributed by atoms with Gasteiger partial charge in [0, 0.05) is 17.1 Å². The molecule has 1 rings (SSSR count). The minimum Gasteiger partial charge on any atom is -0.307 e. The lowest BCUT2D eigenvalue weighted by atomic mass is 9.87. The van der Waals surface area contributed by atoms with Gasteiger partial charge in [-0.3, -0.25) is 0 Å². The highest BCUT2D eigenvalue weighted by Crippen LogP contribution is 2.26. The standard InChI is InChI=1S/C14H22ClN/c1-10(16-11(2)14(3,4)5)12-8-6-7-9-13(12)15/h6-11,16H,1-5H3. The second-order valence-electron chi connectivity index (χ2n) is 5.50. The molecule has 0 fully saturated rings. The van der Waals surface area contributed by atoms with Gasteiger partial charge in [0.05, 0.1) is 0 Å². The van der Waals surface area contributed by atoms with Crippen molar-refractivity contribution in [3.63, 3.8) is 0 Å². The summed E-state index contributed by atoms with van der Waals surface area (Å²) in [5, 5.41) is 4.43. The largest absolute Gasteiger partial charge is 0.307 e. The smallest absolute Gasteiger partial charge is 0.0453 e. The number of benzene rings is 1. The van der Waals surface area contributed by atoms with Crippen molar-refractivity contribution >= 4 is 11.6 Å². The summed E-state index contributed by atoms with van der Waals surface area (Å²) in [5.41, 5.74) is 1.43. The molecular weight excluding hydrogens is 218 g/mol. The molecule has 0 aromatic heterocycles. The topological polar surface area (TPSA) is 12.0 Å². The number of nitrogens with one attached hydrogen (secondary N) is 1. The monoisotopic (exact) mass is 239 g/mol. The van der Waals surface area contributed by atoms with Crippen LogP contribution >= 0.6 is 11.6 Å². The van der Waals surface area contributed by atoms with Gasteiger partial charge in [-0.05, 0) is 30.9 Å². The summed E-state index contributed by atoms with van der Waals surface area (Å²) in [6, 6.07) is 8.74. The Balaban J connectivity index is 2.73. The lowest BCUT2D eigenvalue weighted by molar-refractivity contribution is 0.268. The fourth-order valence-electron chi connectivity index (χ4n) is 1.54. The average Bonchev–Trinajstić information content (AvgIpc) is 2.16. The molecule has 2 atom stereocenters. The molecule has 0 spiro atoms. The van der Waals surface area contributed by atoms with Crippen LogP contribution < -0.4 is 5.32 Å². The molecule has 2 heteroatoms. The third kappa shape index (κ3) is 3.50. The molecule has 0 bridgehead atoms. The summed E-state index contributed by atoms with van der Waals surface area (Å²) in [4.78, 5) is 0. The van der Waals surface area contributed by atoms with E-state index < -0.39 is 0 Å². The van der Waals surface area contributed by atoms with Gasteiger partial charge in [-0.25, -0.2) is 0 Å². The zero-order valence-corrected chi connectivity index (χ0v) is 11.6. The third-order valence-corrected chi connectivity index (χ3v) is 3.51. The molecule has 0 saturated heterocycles. The fraction of sp³-hybridized carbons (Fsp3) is 0.571. The molecule has 1 N–H and O–H groups in total. The van der Waals surface area contributed by atoms with Crippen LogP contribution in [0.1, 0.15) is 46.2 Å². The van der Waals surface area contributed by atoms with Crippen LogP contribution in [0.5, 0.6) is 0 Å². The number of halogens is 1. The summed E-state index contributed by atoms with van der Waals surface area (Å²) >= 11 is 6.18. The second-order valence-corrected chi connectivity index (χ2v) is 5.90. The van der Waals surface area contributed by atoms with Gasteiger partial charge >= 0.3 is 0 Å². The summed E-state index contributed by atoms with van der Waals surface area (Å²) in [7, 11) is 0. The first kappa shape index (κ1) is 13.5. The minimum absolute atomic E-state index is 0.259. The van der Waals surface area contributed by atoms with Gasteiger partial charge in [0.1, 0.15) is 0 Å². The molecule has 0 radical (unpaired) electrons. The lowest BCUT2D eigenvalue weighted by Crippen LogP contribution is -2.39. The fourth-order valence-corrected chi connectivity index (χ4v) is 1.84. The van der Waals surface area contributed by atoms with E-state index in [2.05, 4.69) is 46.0 Å². The quantitative estimate of drug-likeness (QED) is 0.823. The van der Waals surface area contributed by atoms with Gasteiger partial charge in [0.2, 0.25) is 0 Å². The van der Waals surface area contributed by atoms with Crippen molar-refractivity contribution in [3.8, 4) is 0 Å². The highest BCUT2D eigenvalue weighted by atomic mass is 35.5. The van der Waals surface area contributed by atoms with Crippen molar-refractivity contribution in [1.82, 2.24) is 5.32 Å². The van der Waals surface area contributed by atoms with E-state index in [9.17, 15) is 0 Å². The van der Waals surface area contributed by atoms with Crippen molar-refractivity contribution in [3.05, 3.63) is 34.9 Å². The second kappa shape index (κ2) is 5.20. The Hall–Kier alpha value is -0.530. The molecule has 16 heavy (non-hydrogen) atoms. The maximum Gasteiger partial charge on any atom is 0.0453 e. The van der Waals surface area contributed by atoms with Crippen molar-refractivity contribution < 1.29 is 0 Å². The molecule has 90 valence electrons. The Labute approximate surface area is 104 Å². The third-order valence-electron chi connectivity index (χ3n) is 3.17. The summed E-state index contributed by atoms with van der Waals surface area (Å²) in [6.45, 7) is 11.1. The van der Waals surface area contributed by atoms with Gasteiger partial charge in [0.15, 0.2) is 0 Å². The van der Waals surface area contributed by atoms with Gasteiger partial charge in [-0.1, -0.05) is 50.6 Å². The molecule has 0 aliphatic heterocycles. The van der Waals surface area contributed by atoms with E-state index in [0.29, 0.717) is 6.04 Å². The highest BCUT2D eigenvalue weighted by Gasteiger charge is 2.22. The maximum atomic E-state index is 6.18. The van der Waals surface area contributed by atoms with Crippen LogP contribution in [0.2, 0.25) is 5.02 Å². The highest BCUT2D eigenvalue weighted by molar-refractivity contribution is 6.31. The first-order valence-corrected chi connectivity index (χ1v) is 6.20. The van der Waals surface area contributed by atoms with E-state index in [1.165, 1.54) is 5.56 Å². The molecule has 1 nitrogen and oxygen atoms in total. The van der Waals surface area contributed by atoms with Gasteiger partial charge in [-0.2, -0.15) is 0 Å². The van der Waals surface area contributed by atoms with E-state index in [4.69, 9.17) is 11.6 Å². The SMILES string of the molecule is CC(NC(C)C(C)(C)C)c1ccccc1Cl. The Bertz CT molecular complexity index is 341. The molecule has 0 aliphatic carbocycles.